The fourth-order valence-electron chi connectivity index (χ4n) is 3.64. The molecule has 0 aliphatic heterocycles. The second-order valence-electron chi connectivity index (χ2n) is 6.85. The van der Waals surface area contributed by atoms with Gasteiger partial charge in [-0.05, 0) is 36.2 Å². The third kappa shape index (κ3) is 3.44. The highest BCUT2D eigenvalue weighted by Crippen LogP contribution is 2.28. The molecule has 0 spiro atoms. The molecule has 0 atom stereocenters. The van der Waals surface area contributed by atoms with Gasteiger partial charge in [-0.1, -0.05) is 42.5 Å². The molecule has 0 aliphatic rings. The Balaban J connectivity index is 1.75. The molecule has 0 radical (unpaired) electrons. The van der Waals surface area contributed by atoms with Crippen LogP contribution in [-0.4, -0.2) is 15.6 Å². The summed E-state index contributed by atoms with van der Waals surface area (Å²) in [5.74, 6) is -0.0971. The molecule has 4 aromatic rings. The van der Waals surface area contributed by atoms with Crippen LogP contribution in [0.5, 0.6) is 0 Å². The number of aromatic nitrogens is 1. The van der Waals surface area contributed by atoms with E-state index in [4.69, 9.17) is 4.42 Å². The molecule has 0 amide bonds. The van der Waals surface area contributed by atoms with Crippen LogP contribution in [0, 0.1) is 6.92 Å². The smallest absolute Gasteiger partial charge is 0.352 e. The Bertz CT molecular complexity index is 1110. The maximum absolute atomic E-state index is 12.2. The van der Waals surface area contributed by atoms with Gasteiger partial charge in [0.25, 0.3) is 0 Å². The van der Waals surface area contributed by atoms with Crippen molar-refractivity contribution in [2.24, 2.45) is 0 Å². The number of aromatic carboxylic acids is 1. The van der Waals surface area contributed by atoms with Gasteiger partial charge in [-0.3, -0.25) is 0 Å². The fraction of sp³-hybridized carbons (Fsp3) is 0.174. The maximum atomic E-state index is 12.2. The van der Waals surface area contributed by atoms with Crippen LogP contribution < -0.4 is 5.32 Å². The highest BCUT2D eigenvalue weighted by molar-refractivity contribution is 5.98. The van der Waals surface area contributed by atoms with Crippen LogP contribution in [0.3, 0.4) is 0 Å². The predicted molar refractivity (Wildman–Crippen MR) is 108 cm³/mol. The molecular formula is C23H22N2O3. The zero-order valence-corrected chi connectivity index (χ0v) is 15.7. The van der Waals surface area contributed by atoms with E-state index in [1.54, 1.807) is 6.26 Å². The van der Waals surface area contributed by atoms with Crippen molar-refractivity contribution in [3.05, 3.63) is 95.1 Å². The SMILES string of the molecule is Cc1ccccc1Cn1c(C(=O)O)c(CNCc2ccco2)c2ccccc21. The topological polar surface area (TPSA) is 67.4 Å². The number of carbonyl (C=O) groups is 1. The monoisotopic (exact) mass is 374 g/mol. The fourth-order valence-corrected chi connectivity index (χ4v) is 3.64. The van der Waals surface area contributed by atoms with E-state index in [0.29, 0.717) is 25.3 Å². The van der Waals surface area contributed by atoms with Crippen molar-refractivity contribution in [1.82, 2.24) is 9.88 Å². The van der Waals surface area contributed by atoms with Gasteiger partial charge in [0.15, 0.2) is 0 Å². The molecule has 28 heavy (non-hydrogen) atoms. The lowest BCUT2D eigenvalue weighted by Gasteiger charge is -2.11. The van der Waals surface area contributed by atoms with Gasteiger partial charge in [-0.15, -0.1) is 0 Å². The zero-order chi connectivity index (χ0) is 19.5. The Hall–Kier alpha value is -3.31. The predicted octanol–water partition coefficient (Wildman–Crippen LogP) is 4.58. The highest BCUT2D eigenvalue weighted by atomic mass is 16.4. The summed E-state index contributed by atoms with van der Waals surface area (Å²) in [6.45, 7) is 3.56. The Labute approximate surface area is 163 Å². The van der Waals surface area contributed by atoms with Gasteiger partial charge >= 0.3 is 5.97 Å². The summed E-state index contributed by atoms with van der Waals surface area (Å²) in [5, 5.41) is 14.3. The molecule has 0 saturated carbocycles. The van der Waals surface area contributed by atoms with Crippen molar-refractivity contribution in [1.29, 1.82) is 0 Å². The first kappa shape index (κ1) is 18.1. The highest BCUT2D eigenvalue weighted by Gasteiger charge is 2.22. The number of hydrogen-bond acceptors (Lipinski definition) is 3. The molecule has 0 saturated heterocycles. The van der Waals surface area contributed by atoms with Crippen LogP contribution in [0.4, 0.5) is 0 Å². The molecule has 5 nitrogen and oxygen atoms in total. The van der Waals surface area contributed by atoms with E-state index in [1.807, 2.05) is 72.2 Å². The summed E-state index contributed by atoms with van der Waals surface area (Å²) >= 11 is 0. The number of furan rings is 1. The molecule has 0 fully saturated rings. The van der Waals surface area contributed by atoms with Crippen molar-refractivity contribution in [3.63, 3.8) is 0 Å². The first-order chi connectivity index (χ1) is 13.6. The van der Waals surface area contributed by atoms with Crippen LogP contribution >= 0.6 is 0 Å². The van der Waals surface area contributed by atoms with Crippen molar-refractivity contribution in [2.75, 3.05) is 0 Å². The Morgan fingerprint density at radius 2 is 1.82 bits per heavy atom. The summed E-state index contributed by atoms with van der Waals surface area (Å²) in [4.78, 5) is 12.2. The van der Waals surface area contributed by atoms with E-state index >= 15 is 0 Å². The number of carboxylic acid groups (broad SMARTS) is 1. The van der Waals surface area contributed by atoms with Crippen molar-refractivity contribution >= 4 is 16.9 Å². The molecule has 2 heterocycles. The normalized spacial score (nSPS) is 11.2. The van der Waals surface area contributed by atoms with E-state index < -0.39 is 5.97 Å². The van der Waals surface area contributed by atoms with E-state index in [0.717, 1.165) is 33.4 Å². The third-order valence-electron chi connectivity index (χ3n) is 5.05. The van der Waals surface area contributed by atoms with Gasteiger partial charge in [0.1, 0.15) is 11.5 Å². The van der Waals surface area contributed by atoms with Gasteiger partial charge in [0.05, 0.1) is 12.8 Å². The number of nitrogens with one attached hydrogen (secondary N) is 1. The maximum Gasteiger partial charge on any atom is 0.352 e. The largest absolute Gasteiger partial charge is 0.477 e. The molecule has 2 N–H and O–H groups in total. The third-order valence-corrected chi connectivity index (χ3v) is 5.05. The number of nitrogens with zero attached hydrogens (tertiary/aromatic N) is 1. The van der Waals surface area contributed by atoms with E-state index in [9.17, 15) is 9.90 Å². The van der Waals surface area contributed by atoms with Crippen LogP contribution in [0.15, 0.2) is 71.3 Å². The average Bonchev–Trinajstić information content (AvgIpc) is 3.31. The lowest BCUT2D eigenvalue weighted by molar-refractivity contribution is 0.0684. The number of rotatable bonds is 7. The molecule has 5 heteroatoms. The molecule has 0 aliphatic carbocycles. The Morgan fingerprint density at radius 1 is 1.04 bits per heavy atom. The van der Waals surface area contributed by atoms with Crippen LogP contribution in [-0.2, 0) is 19.6 Å². The molecule has 142 valence electrons. The lowest BCUT2D eigenvalue weighted by atomic mass is 10.1. The van der Waals surface area contributed by atoms with Gasteiger partial charge in [-0.25, -0.2) is 4.79 Å². The summed E-state index contributed by atoms with van der Waals surface area (Å²) in [5.41, 5.74) is 4.31. The van der Waals surface area contributed by atoms with Gasteiger partial charge < -0.3 is 19.4 Å². The number of para-hydroxylation sites is 1. The van der Waals surface area contributed by atoms with Gasteiger partial charge in [0, 0.05) is 29.6 Å². The van der Waals surface area contributed by atoms with Gasteiger partial charge in [-0.2, -0.15) is 0 Å². The minimum atomic E-state index is -0.917. The van der Waals surface area contributed by atoms with Crippen LogP contribution in [0.2, 0.25) is 0 Å². The standard InChI is InChI=1S/C23H22N2O3/c1-16-7-2-3-8-17(16)15-25-21-11-5-4-10-19(21)20(22(25)23(26)27)14-24-13-18-9-6-12-28-18/h2-12,24H,13-15H2,1H3,(H,26,27). The van der Waals surface area contributed by atoms with Crippen molar-refractivity contribution in [2.45, 2.75) is 26.6 Å². The average molecular weight is 374 g/mol. The molecule has 0 bridgehead atoms. The Morgan fingerprint density at radius 3 is 2.57 bits per heavy atom. The minimum absolute atomic E-state index is 0.330. The molecule has 4 rings (SSSR count). The molecular weight excluding hydrogens is 352 g/mol. The molecule has 2 aromatic carbocycles. The second-order valence-corrected chi connectivity index (χ2v) is 6.85. The van der Waals surface area contributed by atoms with Crippen LogP contribution in [0.25, 0.3) is 10.9 Å². The summed E-state index contributed by atoms with van der Waals surface area (Å²) in [6.07, 6.45) is 1.63. The second kappa shape index (κ2) is 7.74. The quantitative estimate of drug-likeness (QED) is 0.497. The van der Waals surface area contributed by atoms with E-state index in [-0.39, 0.29) is 0 Å². The van der Waals surface area contributed by atoms with Crippen molar-refractivity contribution in [3.8, 4) is 0 Å². The number of carboxylic acids is 1. The van der Waals surface area contributed by atoms with Gasteiger partial charge in [0.2, 0.25) is 0 Å². The van der Waals surface area contributed by atoms with E-state index in [1.165, 1.54) is 0 Å². The lowest BCUT2D eigenvalue weighted by Crippen LogP contribution is -2.17. The molecule has 2 aromatic heterocycles. The summed E-state index contributed by atoms with van der Waals surface area (Å²) < 4.78 is 7.26. The van der Waals surface area contributed by atoms with Crippen LogP contribution in [0.1, 0.15) is 32.9 Å². The number of fused-ring (bicyclic) bond motifs is 1. The van der Waals surface area contributed by atoms with Crippen molar-refractivity contribution < 1.29 is 14.3 Å². The number of aryl methyl sites for hydroxylation is 1. The number of benzene rings is 2. The summed E-state index contributed by atoms with van der Waals surface area (Å²) in [7, 11) is 0. The van der Waals surface area contributed by atoms with E-state index in [2.05, 4.69) is 5.32 Å². The number of hydrogen-bond donors (Lipinski definition) is 2. The summed E-state index contributed by atoms with van der Waals surface area (Å²) in [6, 6.07) is 19.7. The minimum Gasteiger partial charge on any atom is -0.477 e. The first-order valence-corrected chi connectivity index (χ1v) is 9.26. The first-order valence-electron chi connectivity index (χ1n) is 9.26. The zero-order valence-electron chi connectivity index (χ0n) is 15.7. The Kier molecular flexibility index (Phi) is 5.00. The molecule has 0 unspecified atom stereocenters.